The molecule has 3 heteroatoms. The van der Waals surface area contributed by atoms with Gasteiger partial charge in [-0.2, -0.15) is 0 Å². The van der Waals surface area contributed by atoms with Crippen LogP contribution in [-0.4, -0.2) is 11.8 Å². The molecule has 0 radical (unpaired) electrons. The Balaban J connectivity index is 1.63. The summed E-state index contributed by atoms with van der Waals surface area (Å²) in [4.78, 5) is 29.1. The first-order valence-electron chi connectivity index (χ1n) is 10.2. The molecule has 2 bridgehead atoms. The lowest BCUT2D eigenvalue weighted by Gasteiger charge is -2.51. The molecule has 0 N–H and O–H groups in total. The monoisotopic (exact) mass is 379 g/mol. The third-order valence-electron chi connectivity index (χ3n) is 7.27. The highest BCUT2D eigenvalue weighted by Gasteiger charge is 2.68. The van der Waals surface area contributed by atoms with E-state index in [0.717, 1.165) is 5.56 Å². The van der Waals surface area contributed by atoms with E-state index in [4.69, 9.17) is 0 Å². The number of imide groups is 1. The van der Waals surface area contributed by atoms with Gasteiger partial charge in [-0.3, -0.25) is 9.59 Å². The molecule has 2 atom stereocenters. The van der Waals surface area contributed by atoms with E-state index in [1.54, 1.807) is 0 Å². The van der Waals surface area contributed by atoms with Crippen molar-refractivity contribution in [1.29, 1.82) is 0 Å². The van der Waals surface area contributed by atoms with Crippen LogP contribution in [0.4, 0.5) is 5.69 Å². The molecule has 4 aliphatic rings. The third-order valence-corrected chi connectivity index (χ3v) is 7.27. The number of benzene rings is 3. The molecule has 1 aliphatic heterocycles. The van der Waals surface area contributed by atoms with Crippen LogP contribution in [0.1, 0.15) is 46.6 Å². The van der Waals surface area contributed by atoms with Gasteiger partial charge >= 0.3 is 0 Å². The van der Waals surface area contributed by atoms with Gasteiger partial charge in [-0.1, -0.05) is 60.7 Å². The normalized spacial score (nSPS) is 28.9. The number of nitrogens with zero attached hydrogens (tertiary/aromatic N) is 1. The maximum absolute atomic E-state index is 13.9. The molecule has 29 heavy (non-hydrogen) atoms. The zero-order valence-corrected chi connectivity index (χ0v) is 16.4. The van der Waals surface area contributed by atoms with Gasteiger partial charge < -0.3 is 0 Å². The van der Waals surface area contributed by atoms with Crippen LogP contribution >= 0.6 is 0 Å². The Hall–Kier alpha value is -3.20. The standard InChI is InChI=1S/C26H21NO2/c1-15-8-7-9-16(14-15)27-24(28)23-21-17-10-3-5-12-19(17)22(26(23,2)25(27)29)20-13-6-4-11-18(20)21/h3-14,21-23H,1-2H3/t21?,22?,23-,26+/m1/s1. The fraction of sp³-hybridized carbons (Fsp3) is 0.231. The number of carbonyl (C=O) groups excluding carboxylic acids is 2. The fourth-order valence-corrected chi connectivity index (χ4v) is 6.13. The number of rotatable bonds is 1. The summed E-state index contributed by atoms with van der Waals surface area (Å²) in [5.41, 5.74) is 5.75. The van der Waals surface area contributed by atoms with Crippen molar-refractivity contribution in [2.75, 3.05) is 4.90 Å². The quantitative estimate of drug-likeness (QED) is 0.571. The van der Waals surface area contributed by atoms with Crippen molar-refractivity contribution in [3.05, 3.63) is 101 Å². The molecule has 7 rings (SSSR count). The second kappa shape index (κ2) is 5.44. The molecule has 0 spiro atoms. The molecule has 3 aromatic carbocycles. The molecular weight excluding hydrogens is 358 g/mol. The largest absolute Gasteiger partial charge is 0.274 e. The summed E-state index contributed by atoms with van der Waals surface area (Å²) in [6, 6.07) is 24.4. The van der Waals surface area contributed by atoms with E-state index in [0.29, 0.717) is 5.69 Å². The minimum Gasteiger partial charge on any atom is -0.274 e. The van der Waals surface area contributed by atoms with E-state index < -0.39 is 5.41 Å². The van der Waals surface area contributed by atoms with Crippen LogP contribution in [0, 0.1) is 18.3 Å². The number of amides is 2. The van der Waals surface area contributed by atoms with Crippen LogP contribution < -0.4 is 4.90 Å². The van der Waals surface area contributed by atoms with Crippen molar-refractivity contribution >= 4 is 17.5 Å². The molecule has 1 saturated heterocycles. The number of aryl methyl sites for hydroxylation is 1. The van der Waals surface area contributed by atoms with Crippen LogP contribution in [0.2, 0.25) is 0 Å². The lowest BCUT2D eigenvalue weighted by molar-refractivity contribution is -0.128. The van der Waals surface area contributed by atoms with Gasteiger partial charge in [-0.15, -0.1) is 0 Å². The molecule has 1 fully saturated rings. The molecular formula is C26H21NO2. The molecule has 0 saturated carbocycles. The lowest BCUT2D eigenvalue weighted by Crippen LogP contribution is -2.49. The first kappa shape index (κ1) is 16.7. The highest BCUT2D eigenvalue weighted by atomic mass is 16.2. The van der Waals surface area contributed by atoms with E-state index >= 15 is 0 Å². The minimum absolute atomic E-state index is 0.0675. The van der Waals surface area contributed by atoms with Gasteiger partial charge in [0.15, 0.2) is 0 Å². The van der Waals surface area contributed by atoms with Crippen molar-refractivity contribution in [3.63, 3.8) is 0 Å². The van der Waals surface area contributed by atoms with E-state index in [1.807, 2.05) is 62.4 Å². The van der Waals surface area contributed by atoms with Crippen LogP contribution in [0.3, 0.4) is 0 Å². The molecule has 142 valence electrons. The maximum Gasteiger partial charge on any atom is 0.241 e. The second-order valence-electron chi connectivity index (χ2n) is 8.75. The third kappa shape index (κ3) is 1.88. The van der Waals surface area contributed by atoms with Gasteiger partial charge in [-0.05, 0) is 53.8 Å². The summed E-state index contributed by atoms with van der Waals surface area (Å²) in [7, 11) is 0. The zero-order valence-electron chi connectivity index (χ0n) is 16.4. The van der Waals surface area contributed by atoms with Crippen molar-refractivity contribution in [1.82, 2.24) is 0 Å². The maximum atomic E-state index is 13.9. The summed E-state index contributed by atoms with van der Waals surface area (Å²) < 4.78 is 0. The van der Waals surface area contributed by atoms with Gasteiger partial charge in [0.05, 0.1) is 17.0 Å². The first-order chi connectivity index (χ1) is 14.0. The van der Waals surface area contributed by atoms with Crippen LogP contribution in [0.25, 0.3) is 0 Å². The molecule has 0 unspecified atom stereocenters. The predicted molar refractivity (Wildman–Crippen MR) is 112 cm³/mol. The number of carbonyl (C=O) groups is 2. The van der Waals surface area contributed by atoms with Gasteiger partial charge in [0.25, 0.3) is 0 Å². The van der Waals surface area contributed by atoms with E-state index in [1.165, 1.54) is 27.2 Å². The number of hydrogen-bond donors (Lipinski definition) is 0. The van der Waals surface area contributed by atoms with Crippen molar-refractivity contribution in [2.24, 2.45) is 11.3 Å². The lowest BCUT2D eigenvalue weighted by atomic mass is 9.48. The highest BCUT2D eigenvalue weighted by molar-refractivity contribution is 6.25. The van der Waals surface area contributed by atoms with Crippen molar-refractivity contribution in [3.8, 4) is 0 Å². The van der Waals surface area contributed by atoms with E-state index in [9.17, 15) is 9.59 Å². The topological polar surface area (TPSA) is 37.4 Å². The smallest absolute Gasteiger partial charge is 0.241 e. The Bertz CT molecular complexity index is 1170. The van der Waals surface area contributed by atoms with Crippen LogP contribution in [0.5, 0.6) is 0 Å². The first-order valence-corrected chi connectivity index (χ1v) is 10.2. The zero-order chi connectivity index (χ0) is 19.9. The summed E-state index contributed by atoms with van der Waals surface area (Å²) in [5, 5.41) is 0. The van der Waals surface area contributed by atoms with Gasteiger partial charge in [0.1, 0.15) is 0 Å². The molecule has 2 amide bonds. The van der Waals surface area contributed by atoms with E-state index in [2.05, 4.69) is 24.3 Å². The molecule has 0 aromatic heterocycles. The molecule has 3 aromatic rings. The average molecular weight is 379 g/mol. The average Bonchev–Trinajstić information content (AvgIpc) is 2.94. The summed E-state index contributed by atoms with van der Waals surface area (Å²) in [5.74, 6) is -0.690. The molecule has 3 aliphatic carbocycles. The van der Waals surface area contributed by atoms with Gasteiger partial charge in [-0.25, -0.2) is 4.90 Å². The van der Waals surface area contributed by atoms with Gasteiger partial charge in [0, 0.05) is 11.8 Å². The predicted octanol–water partition coefficient (Wildman–Crippen LogP) is 4.78. The Morgan fingerprint density at radius 2 is 1.38 bits per heavy atom. The Morgan fingerprint density at radius 1 is 0.793 bits per heavy atom. The van der Waals surface area contributed by atoms with Crippen molar-refractivity contribution in [2.45, 2.75) is 25.7 Å². The second-order valence-corrected chi connectivity index (χ2v) is 8.75. The Labute approximate surface area is 170 Å². The number of hydrogen-bond acceptors (Lipinski definition) is 2. The minimum atomic E-state index is -0.770. The Morgan fingerprint density at radius 3 is 1.97 bits per heavy atom. The molecule has 1 heterocycles. The number of anilines is 1. The van der Waals surface area contributed by atoms with Crippen molar-refractivity contribution < 1.29 is 9.59 Å². The molecule has 3 nitrogen and oxygen atoms in total. The SMILES string of the molecule is Cc1cccc(N2C(=O)[C@H]3C4c5ccccc5C(c5ccccc54)[C@]3(C)C2=O)c1. The van der Waals surface area contributed by atoms with E-state index in [-0.39, 0.29) is 29.6 Å². The summed E-state index contributed by atoms with van der Waals surface area (Å²) in [6.07, 6.45) is 0. The fourth-order valence-electron chi connectivity index (χ4n) is 6.13. The van der Waals surface area contributed by atoms with Crippen LogP contribution in [-0.2, 0) is 9.59 Å². The Kier molecular flexibility index (Phi) is 3.14. The van der Waals surface area contributed by atoms with Crippen LogP contribution in [0.15, 0.2) is 72.8 Å². The summed E-state index contributed by atoms with van der Waals surface area (Å²) in [6.45, 7) is 4.00. The summed E-state index contributed by atoms with van der Waals surface area (Å²) >= 11 is 0. The van der Waals surface area contributed by atoms with Gasteiger partial charge in [0.2, 0.25) is 11.8 Å². The highest BCUT2D eigenvalue weighted by Crippen LogP contribution is 2.67.